The molecule has 0 amide bonds. The van der Waals surface area contributed by atoms with Gasteiger partial charge in [0.05, 0.1) is 0 Å². The predicted octanol–water partition coefficient (Wildman–Crippen LogP) is 1.87. The van der Waals surface area contributed by atoms with Gasteiger partial charge in [0.15, 0.2) is 5.16 Å². The van der Waals surface area contributed by atoms with E-state index >= 15 is 0 Å². The summed E-state index contributed by atoms with van der Waals surface area (Å²) in [6.07, 6.45) is 3.48. The molecular weight excluding hydrogens is 274 g/mol. The van der Waals surface area contributed by atoms with E-state index in [4.69, 9.17) is 5.73 Å². The standard InChI is InChI=1S/C13H13N5OS/c1-2-18-12(19)16-17-13(18)20-11-4-3-10(14)8-5-6-15-7-9(8)11/h3-7H,2,14H2,1H3,(H,16,19). The molecule has 0 saturated carbocycles. The predicted molar refractivity (Wildman–Crippen MR) is 78.8 cm³/mol. The number of fused-ring (bicyclic) bond motifs is 1. The smallest absolute Gasteiger partial charge is 0.343 e. The molecule has 0 spiro atoms. The van der Waals surface area contributed by atoms with Crippen molar-refractivity contribution in [3.63, 3.8) is 0 Å². The largest absolute Gasteiger partial charge is 0.398 e. The average Bonchev–Trinajstić information content (AvgIpc) is 2.82. The van der Waals surface area contributed by atoms with Crippen LogP contribution in [0.1, 0.15) is 6.92 Å². The molecule has 0 fully saturated rings. The van der Waals surface area contributed by atoms with Crippen molar-refractivity contribution in [1.29, 1.82) is 0 Å². The summed E-state index contributed by atoms with van der Waals surface area (Å²) in [5, 5.41) is 9.05. The van der Waals surface area contributed by atoms with E-state index in [1.165, 1.54) is 11.8 Å². The minimum absolute atomic E-state index is 0.201. The fourth-order valence-electron chi connectivity index (χ4n) is 2.03. The maximum absolute atomic E-state index is 11.6. The zero-order valence-corrected chi connectivity index (χ0v) is 11.6. The number of rotatable bonds is 3. The summed E-state index contributed by atoms with van der Waals surface area (Å²) in [5.74, 6) is 0. The highest BCUT2D eigenvalue weighted by Crippen LogP contribution is 2.33. The highest BCUT2D eigenvalue weighted by atomic mass is 32.2. The summed E-state index contributed by atoms with van der Waals surface area (Å²) in [4.78, 5) is 16.7. The highest BCUT2D eigenvalue weighted by molar-refractivity contribution is 7.99. The van der Waals surface area contributed by atoms with Crippen LogP contribution in [0, 0.1) is 0 Å². The maximum Gasteiger partial charge on any atom is 0.343 e. The molecule has 0 radical (unpaired) electrons. The number of nitrogens with two attached hydrogens (primary N) is 1. The van der Waals surface area contributed by atoms with Gasteiger partial charge in [-0.2, -0.15) is 0 Å². The lowest BCUT2D eigenvalue weighted by atomic mass is 10.1. The number of nitrogens with zero attached hydrogens (tertiary/aromatic N) is 3. The molecule has 20 heavy (non-hydrogen) atoms. The number of benzene rings is 1. The Morgan fingerprint density at radius 2 is 2.20 bits per heavy atom. The second-order valence-electron chi connectivity index (χ2n) is 4.23. The van der Waals surface area contributed by atoms with E-state index in [1.54, 1.807) is 17.0 Å². The van der Waals surface area contributed by atoms with E-state index < -0.39 is 0 Å². The van der Waals surface area contributed by atoms with Gasteiger partial charge >= 0.3 is 5.69 Å². The molecule has 0 atom stereocenters. The molecular formula is C13H13N5OS. The molecule has 0 aliphatic rings. The Labute approximate surface area is 119 Å². The lowest BCUT2D eigenvalue weighted by molar-refractivity contribution is 0.660. The third-order valence-electron chi connectivity index (χ3n) is 3.05. The fourth-order valence-corrected chi connectivity index (χ4v) is 3.05. The van der Waals surface area contributed by atoms with Crippen LogP contribution in [0.2, 0.25) is 0 Å². The molecule has 102 valence electrons. The topological polar surface area (TPSA) is 89.6 Å². The molecule has 7 heteroatoms. The molecule has 3 rings (SSSR count). The van der Waals surface area contributed by atoms with E-state index in [9.17, 15) is 4.79 Å². The van der Waals surface area contributed by atoms with Crippen molar-refractivity contribution < 1.29 is 0 Å². The Hall–Kier alpha value is -2.28. The monoisotopic (exact) mass is 287 g/mol. The Kier molecular flexibility index (Phi) is 3.19. The number of anilines is 1. The minimum atomic E-state index is -0.201. The van der Waals surface area contributed by atoms with Gasteiger partial charge in [0.25, 0.3) is 0 Å². The zero-order valence-electron chi connectivity index (χ0n) is 10.8. The van der Waals surface area contributed by atoms with E-state index in [1.807, 2.05) is 25.1 Å². The van der Waals surface area contributed by atoms with Crippen molar-refractivity contribution in [3.05, 3.63) is 41.1 Å². The number of pyridine rings is 1. The lowest BCUT2D eigenvalue weighted by Crippen LogP contribution is -2.15. The Morgan fingerprint density at radius 1 is 1.35 bits per heavy atom. The first kappa shape index (κ1) is 12.7. The van der Waals surface area contributed by atoms with Gasteiger partial charge in [-0.25, -0.2) is 9.89 Å². The lowest BCUT2D eigenvalue weighted by Gasteiger charge is -2.07. The Morgan fingerprint density at radius 3 is 3.00 bits per heavy atom. The van der Waals surface area contributed by atoms with Crippen LogP contribution >= 0.6 is 11.8 Å². The molecule has 0 bridgehead atoms. The van der Waals surface area contributed by atoms with Crippen LogP contribution in [-0.2, 0) is 6.54 Å². The third kappa shape index (κ3) is 2.05. The van der Waals surface area contributed by atoms with Gasteiger partial charge in [-0.05, 0) is 36.9 Å². The van der Waals surface area contributed by atoms with E-state index in [2.05, 4.69) is 15.2 Å². The van der Waals surface area contributed by atoms with Crippen molar-refractivity contribution in [2.75, 3.05) is 5.73 Å². The first-order valence-corrected chi connectivity index (χ1v) is 6.97. The molecule has 0 aliphatic heterocycles. The Balaban J connectivity index is 2.11. The van der Waals surface area contributed by atoms with Crippen LogP contribution < -0.4 is 11.4 Å². The van der Waals surface area contributed by atoms with Crippen LogP contribution in [0.4, 0.5) is 5.69 Å². The number of nitrogen functional groups attached to an aromatic ring is 1. The van der Waals surface area contributed by atoms with Crippen molar-refractivity contribution in [2.24, 2.45) is 0 Å². The number of aromatic nitrogens is 4. The highest BCUT2D eigenvalue weighted by Gasteiger charge is 2.11. The van der Waals surface area contributed by atoms with Crippen LogP contribution in [0.5, 0.6) is 0 Å². The summed E-state index contributed by atoms with van der Waals surface area (Å²) in [7, 11) is 0. The number of hydrogen-bond donors (Lipinski definition) is 2. The number of H-pyrrole nitrogens is 1. The number of hydrogen-bond acceptors (Lipinski definition) is 5. The summed E-state index contributed by atoms with van der Waals surface area (Å²) < 4.78 is 1.59. The van der Waals surface area contributed by atoms with Gasteiger partial charge in [-0.15, -0.1) is 5.10 Å². The molecule has 0 saturated heterocycles. The second kappa shape index (κ2) is 5.01. The number of aromatic amines is 1. The quantitative estimate of drug-likeness (QED) is 0.718. The second-order valence-corrected chi connectivity index (χ2v) is 5.24. The van der Waals surface area contributed by atoms with Gasteiger partial charge < -0.3 is 5.73 Å². The summed E-state index contributed by atoms with van der Waals surface area (Å²) in [6, 6.07) is 5.65. The van der Waals surface area contributed by atoms with Crippen LogP contribution in [-0.4, -0.2) is 19.7 Å². The maximum atomic E-state index is 11.6. The molecule has 3 N–H and O–H groups in total. The van der Waals surface area contributed by atoms with Crippen molar-refractivity contribution in [3.8, 4) is 0 Å². The first-order chi connectivity index (χ1) is 9.70. The SMILES string of the molecule is CCn1c(Sc2ccc(N)c3ccncc23)n[nH]c1=O. The van der Waals surface area contributed by atoms with Crippen molar-refractivity contribution >= 4 is 28.2 Å². The van der Waals surface area contributed by atoms with Crippen LogP contribution in [0.15, 0.2) is 45.4 Å². The molecule has 2 heterocycles. The molecule has 6 nitrogen and oxygen atoms in total. The van der Waals surface area contributed by atoms with Gasteiger partial charge in [-0.3, -0.25) is 9.55 Å². The molecule has 1 aromatic carbocycles. The minimum Gasteiger partial charge on any atom is -0.398 e. The van der Waals surface area contributed by atoms with Gasteiger partial charge in [0.1, 0.15) is 0 Å². The van der Waals surface area contributed by atoms with Crippen LogP contribution in [0.3, 0.4) is 0 Å². The normalized spacial score (nSPS) is 11.1. The van der Waals surface area contributed by atoms with E-state index in [0.29, 0.717) is 17.4 Å². The van der Waals surface area contributed by atoms with E-state index in [0.717, 1.165) is 15.7 Å². The third-order valence-corrected chi connectivity index (χ3v) is 4.12. The summed E-state index contributed by atoms with van der Waals surface area (Å²) in [6.45, 7) is 2.48. The number of nitrogens with one attached hydrogen (secondary N) is 1. The van der Waals surface area contributed by atoms with Gasteiger partial charge in [0, 0.05) is 40.3 Å². The molecule has 0 aliphatic carbocycles. The van der Waals surface area contributed by atoms with Crippen LogP contribution in [0.25, 0.3) is 10.8 Å². The first-order valence-electron chi connectivity index (χ1n) is 6.16. The van der Waals surface area contributed by atoms with Gasteiger partial charge in [-0.1, -0.05) is 0 Å². The molecule has 3 aromatic rings. The summed E-state index contributed by atoms with van der Waals surface area (Å²) in [5.41, 5.74) is 6.47. The average molecular weight is 287 g/mol. The summed E-state index contributed by atoms with van der Waals surface area (Å²) >= 11 is 1.42. The van der Waals surface area contributed by atoms with Crippen molar-refractivity contribution in [1.82, 2.24) is 19.7 Å². The fraction of sp³-hybridized carbons (Fsp3) is 0.154. The van der Waals surface area contributed by atoms with E-state index in [-0.39, 0.29) is 5.69 Å². The molecule has 0 unspecified atom stereocenters. The Bertz CT molecular complexity index is 823. The van der Waals surface area contributed by atoms with Crippen molar-refractivity contribution in [2.45, 2.75) is 23.5 Å². The zero-order chi connectivity index (χ0) is 14.1. The van der Waals surface area contributed by atoms with Gasteiger partial charge in [0.2, 0.25) is 0 Å². The molecule has 2 aromatic heterocycles.